The van der Waals surface area contributed by atoms with Gasteiger partial charge in [-0.2, -0.15) is 0 Å². The molecule has 0 aliphatic heterocycles. The van der Waals surface area contributed by atoms with Crippen LogP contribution in [0.1, 0.15) is 12.5 Å². The van der Waals surface area contributed by atoms with E-state index in [2.05, 4.69) is 6.58 Å². The second-order valence-corrected chi connectivity index (χ2v) is 2.48. The summed E-state index contributed by atoms with van der Waals surface area (Å²) in [6, 6.07) is 7.56. The van der Waals surface area contributed by atoms with Gasteiger partial charge < -0.3 is 10.5 Å². The van der Waals surface area contributed by atoms with E-state index in [0.29, 0.717) is 12.3 Å². The molecular weight excluding hydrogens is 150 g/mol. The van der Waals surface area contributed by atoms with Crippen molar-refractivity contribution in [1.29, 1.82) is 0 Å². The number of nitrogens with two attached hydrogens (primary N) is 1. The smallest absolute Gasteiger partial charge is 0.119 e. The molecule has 0 fully saturated rings. The highest BCUT2D eigenvalue weighted by Crippen LogP contribution is 2.14. The molecule has 0 aromatic heterocycles. The number of hydrogen-bond donors (Lipinski definition) is 1. The molecule has 0 heterocycles. The van der Waals surface area contributed by atoms with Gasteiger partial charge in [0.25, 0.3) is 0 Å². The lowest BCUT2D eigenvalue weighted by Crippen LogP contribution is -1.95. The van der Waals surface area contributed by atoms with E-state index in [1.54, 1.807) is 0 Å². The molecule has 0 aliphatic rings. The van der Waals surface area contributed by atoms with Crippen LogP contribution >= 0.6 is 0 Å². The molecular formula is C10H13NO. The van der Waals surface area contributed by atoms with Crippen LogP contribution in [0.15, 0.2) is 30.8 Å². The second kappa shape index (κ2) is 3.81. The zero-order chi connectivity index (χ0) is 8.97. The Labute approximate surface area is 72.7 Å². The fraction of sp³-hybridized carbons (Fsp3) is 0.200. The van der Waals surface area contributed by atoms with Crippen LogP contribution < -0.4 is 10.5 Å². The number of ether oxygens (including phenoxy) is 1. The van der Waals surface area contributed by atoms with E-state index in [-0.39, 0.29) is 0 Å². The number of hydrogen-bond acceptors (Lipinski definition) is 2. The van der Waals surface area contributed by atoms with Gasteiger partial charge in [-0.05, 0) is 36.8 Å². The van der Waals surface area contributed by atoms with Gasteiger partial charge in [-0.1, -0.05) is 6.58 Å². The summed E-state index contributed by atoms with van der Waals surface area (Å²) in [5, 5.41) is 0. The maximum Gasteiger partial charge on any atom is 0.119 e. The molecule has 2 N–H and O–H groups in total. The molecule has 0 amide bonds. The SMILES string of the molecule is C=C(N)c1ccc(OCC)cc1. The van der Waals surface area contributed by atoms with Crippen molar-refractivity contribution in [3.63, 3.8) is 0 Å². The topological polar surface area (TPSA) is 35.2 Å². The highest BCUT2D eigenvalue weighted by Gasteiger charge is 1.94. The van der Waals surface area contributed by atoms with Gasteiger partial charge in [0.15, 0.2) is 0 Å². The van der Waals surface area contributed by atoms with Gasteiger partial charge >= 0.3 is 0 Å². The van der Waals surface area contributed by atoms with E-state index in [1.165, 1.54) is 0 Å². The Bertz CT molecular complexity index is 264. The first-order chi connectivity index (χ1) is 5.74. The Balaban J connectivity index is 2.78. The molecule has 2 heteroatoms. The normalized spacial score (nSPS) is 9.42. The third-order valence-electron chi connectivity index (χ3n) is 1.54. The average Bonchev–Trinajstić information content (AvgIpc) is 2.06. The van der Waals surface area contributed by atoms with Crippen LogP contribution in [-0.2, 0) is 0 Å². The molecule has 0 radical (unpaired) electrons. The molecule has 1 aromatic carbocycles. The van der Waals surface area contributed by atoms with Crippen LogP contribution in [0.3, 0.4) is 0 Å². The first kappa shape index (κ1) is 8.65. The fourth-order valence-electron chi connectivity index (χ4n) is 0.932. The Hall–Kier alpha value is -1.44. The first-order valence-electron chi connectivity index (χ1n) is 3.91. The van der Waals surface area contributed by atoms with E-state index < -0.39 is 0 Å². The molecule has 0 unspecified atom stereocenters. The van der Waals surface area contributed by atoms with E-state index in [0.717, 1.165) is 11.3 Å². The van der Waals surface area contributed by atoms with Crippen molar-refractivity contribution in [3.8, 4) is 5.75 Å². The van der Waals surface area contributed by atoms with Crippen LogP contribution in [0.2, 0.25) is 0 Å². The monoisotopic (exact) mass is 163 g/mol. The summed E-state index contributed by atoms with van der Waals surface area (Å²) >= 11 is 0. The first-order valence-corrected chi connectivity index (χ1v) is 3.91. The van der Waals surface area contributed by atoms with Gasteiger partial charge in [0.05, 0.1) is 6.61 Å². The van der Waals surface area contributed by atoms with E-state index >= 15 is 0 Å². The number of benzene rings is 1. The molecule has 0 bridgehead atoms. The maximum absolute atomic E-state index is 5.50. The van der Waals surface area contributed by atoms with Gasteiger partial charge in [0.1, 0.15) is 5.75 Å². The molecule has 1 aromatic rings. The summed E-state index contributed by atoms with van der Waals surface area (Å²) in [6.07, 6.45) is 0. The lowest BCUT2D eigenvalue weighted by atomic mass is 10.2. The Morgan fingerprint density at radius 3 is 2.42 bits per heavy atom. The zero-order valence-electron chi connectivity index (χ0n) is 7.21. The fourth-order valence-corrected chi connectivity index (χ4v) is 0.932. The quantitative estimate of drug-likeness (QED) is 0.739. The standard InChI is InChI=1S/C10H13NO/c1-3-12-10-6-4-9(5-7-10)8(2)11/h4-7H,2-3,11H2,1H3. The number of rotatable bonds is 3. The molecule has 0 saturated carbocycles. The van der Waals surface area contributed by atoms with Crippen molar-refractivity contribution in [2.75, 3.05) is 6.61 Å². The van der Waals surface area contributed by atoms with Crippen molar-refractivity contribution in [2.45, 2.75) is 6.92 Å². The summed E-state index contributed by atoms with van der Waals surface area (Å²) in [4.78, 5) is 0. The minimum absolute atomic E-state index is 0.582. The van der Waals surface area contributed by atoms with Gasteiger partial charge in [0.2, 0.25) is 0 Å². The highest BCUT2D eigenvalue weighted by atomic mass is 16.5. The van der Waals surface area contributed by atoms with Crippen molar-refractivity contribution in [3.05, 3.63) is 36.4 Å². The molecule has 1 rings (SSSR count). The summed E-state index contributed by atoms with van der Waals surface area (Å²) in [6.45, 7) is 6.28. The molecule has 12 heavy (non-hydrogen) atoms. The third-order valence-corrected chi connectivity index (χ3v) is 1.54. The summed E-state index contributed by atoms with van der Waals surface area (Å²) in [5.41, 5.74) is 7.03. The van der Waals surface area contributed by atoms with Gasteiger partial charge in [-0.15, -0.1) is 0 Å². The Morgan fingerprint density at radius 2 is 2.00 bits per heavy atom. The van der Waals surface area contributed by atoms with Gasteiger partial charge in [-0.3, -0.25) is 0 Å². The van der Waals surface area contributed by atoms with Crippen LogP contribution in [0.5, 0.6) is 5.75 Å². The lowest BCUT2D eigenvalue weighted by molar-refractivity contribution is 0.340. The largest absolute Gasteiger partial charge is 0.494 e. The van der Waals surface area contributed by atoms with Crippen LogP contribution in [0.4, 0.5) is 0 Å². The van der Waals surface area contributed by atoms with E-state index in [1.807, 2.05) is 31.2 Å². The van der Waals surface area contributed by atoms with Crippen LogP contribution in [0.25, 0.3) is 5.70 Å². The van der Waals surface area contributed by atoms with Crippen molar-refractivity contribution in [1.82, 2.24) is 0 Å². The molecule has 0 spiro atoms. The average molecular weight is 163 g/mol. The highest BCUT2D eigenvalue weighted by molar-refractivity contribution is 5.60. The molecule has 0 aliphatic carbocycles. The Morgan fingerprint density at radius 1 is 1.42 bits per heavy atom. The molecule has 2 nitrogen and oxygen atoms in total. The molecule has 0 atom stereocenters. The van der Waals surface area contributed by atoms with E-state index in [4.69, 9.17) is 10.5 Å². The molecule has 0 saturated heterocycles. The summed E-state index contributed by atoms with van der Waals surface area (Å²) in [7, 11) is 0. The molecule has 64 valence electrons. The van der Waals surface area contributed by atoms with E-state index in [9.17, 15) is 0 Å². The predicted molar refractivity (Wildman–Crippen MR) is 50.8 cm³/mol. The van der Waals surface area contributed by atoms with Crippen molar-refractivity contribution in [2.24, 2.45) is 5.73 Å². The predicted octanol–water partition coefficient (Wildman–Crippen LogP) is 2.01. The van der Waals surface area contributed by atoms with Crippen LogP contribution in [-0.4, -0.2) is 6.61 Å². The van der Waals surface area contributed by atoms with Crippen molar-refractivity contribution >= 4 is 5.70 Å². The third kappa shape index (κ3) is 2.02. The Kier molecular flexibility index (Phi) is 2.75. The second-order valence-electron chi connectivity index (χ2n) is 2.48. The van der Waals surface area contributed by atoms with Crippen LogP contribution in [0, 0.1) is 0 Å². The summed E-state index contributed by atoms with van der Waals surface area (Å²) < 4.78 is 5.27. The van der Waals surface area contributed by atoms with Gasteiger partial charge in [0, 0.05) is 5.70 Å². The lowest BCUT2D eigenvalue weighted by Gasteiger charge is -2.03. The van der Waals surface area contributed by atoms with Crippen molar-refractivity contribution < 1.29 is 4.74 Å². The summed E-state index contributed by atoms with van der Waals surface area (Å²) in [5.74, 6) is 0.863. The minimum Gasteiger partial charge on any atom is -0.494 e. The maximum atomic E-state index is 5.50. The van der Waals surface area contributed by atoms with Gasteiger partial charge in [-0.25, -0.2) is 0 Å². The zero-order valence-corrected chi connectivity index (χ0v) is 7.21. The minimum atomic E-state index is 0.582.